The van der Waals surface area contributed by atoms with Gasteiger partial charge in [0.25, 0.3) is 5.91 Å². The Morgan fingerprint density at radius 3 is 2.33 bits per heavy atom. The second kappa shape index (κ2) is 5.06. The molecule has 0 bridgehead atoms. The minimum absolute atomic E-state index is 0.159. The largest absolute Gasteiger partial charge is 0.323 e. The third-order valence-corrected chi connectivity index (χ3v) is 3.09. The van der Waals surface area contributed by atoms with Crippen LogP contribution in [0.4, 0.5) is 5.69 Å². The molecular formula is C10H10Cl3NO. The van der Waals surface area contributed by atoms with Gasteiger partial charge in [-0.25, -0.2) is 0 Å². The summed E-state index contributed by atoms with van der Waals surface area (Å²) in [4.78, 5) is 11.5. The van der Waals surface area contributed by atoms with Crippen molar-refractivity contribution in [3.05, 3.63) is 29.8 Å². The van der Waals surface area contributed by atoms with Crippen LogP contribution in [0.15, 0.2) is 24.3 Å². The Hall–Kier alpha value is -0.440. The van der Waals surface area contributed by atoms with Crippen molar-refractivity contribution in [1.29, 1.82) is 0 Å². The molecular weight excluding hydrogens is 256 g/mol. The molecule has 0 unspecified atom stereocenters. The van der Waals surface area contributed by atoms with E-state index in [4.69, 9.17) is 34.8 Å². The van der Waals surface area contributed by atoms with Crippen LogP contribution in [0.2, 0.25) is 0 Å². The van der Waals surface area contributed by atoms with E-state index in [9.17, 15) is 4.79 Å². The van der Waals surface area contributed by atoms with E-state index in [2.05, 4.69) is 5.32 Å². The Morgan fingerprint density at radius 2 is 1.87 bits per heavy atom. The summed E-state index contributed by atoms with van der Waals surface area (Å²) in [5, 5.41) is 2.57. The van der Waals surface area contributed by atoms with Gasteiger partial charge in [-0.3, -0.25) is 4.79 Å². The highest BCUT2D eigenvalue weighted by molar-refractivity contribution is 6.61. The second-order valence-electron chi connectivity index (χ2n) is 3.16. The van der Waals surface area contributed by atoms with E-state index in [1.165, 1.54) is 0 Å². The van der Waals surface area contributed by atoms with E-state index < -0.39 is 10.2 Å². The molecule has 15 heavy (non-hydrogen) atoms. The molecule has 1 N–H and O–H groups in total. The van der Waals surface area contributed by atoms with Gasteiger partial charge in [0, 0.05) is 5.69 Å². The summed E-state index contributed by atoms with van der Waals surface area (Å²) in [5.74, 6) is -0.682. The minimum Gasteiger partial charge on any atom is -0.323 e. The van der Waals surface area contributed by atoms with E-state index in [1.807, 2.05) is 19.1 Å². The SMILES string of the molecule is Cc1ccc(NC(=O)C(Cl)(Cl)CCl)cc1. The molecule has 1 aromatic rings. The number of carbonyl (C=O) groups excluding carboxylic acids is 1. The van der Waals surface area contributed by atoms with Gasteiger partial charge >= 0.3 is 0 Å². The molecule has 0 heterocycles. The minimum atomic E-state index is -1.59. The zero-order chi connectivity index (χ0) is 11.5. The molecule has 0 fully saturated rings. The van der Waals surface area contributed by atoms with Gasteiger partial charge in [0.05, 0.1) is 5.88 Å². The van der Waals surface area contributed by atoms with Crippen LogP contribution in [0.5, 0.6) is 0 Å². The van der Waals surface area contributed by atoms with Crippen LogP contribution in [-0.4, -0.2) is 16.1 Å². The third-order valence-electron chi connectivity index (χ3n) is 1.81. The number of nitrogens with one attached hydrogen (secondary N) is 1. The average Bonchev–Trinajstić information content (AvgIpc) is 2.21. The maximum atomic E-state index is 11.5. The van der Waals surface area contributed by atoms with Gasteiger partial charge in [-0.2, -0.15) is 0 Å². The summed E-state index contributed by atoms with van der Waals surface area (Å²) in [6, 6.07) is 7.29. The van der Waals surface area contributed by atoms with Crippen molar-refractivity contribution in [2.24, 2.45) is 0 Å². The lowest BCUT2D eigenvalue weighted by Crippen LogP contribution is -2.34. The van der Waals surface area contributed by atoms with E-state index in [0.29, 0.717) is 5.69 Å². The van der Waals surface area contributed by atoms with Gasteiger partial charge in [-0.15, -0.1) is 11.6 Å². The fraction of sp³-hybridized carbons (Fsp3) is 0.300. The number of anilines is 1. The summed E-state index contributed by atoms with van der Waals surface area (Å²) in [5.41, 5.74) is 1.75. The van der Waals surface area contributed by atoms with E-state index in [1.54, 1.807) is 12.1 Å². The molecule has 0 aromatic heterocycles. The zero-order valence-corrected chi connectivity index (χ0v) is 10.3. The number of aryl methyl sites for hydroxylation is 1. The van der Waals surface area contributed by atoms with Crippen LogP contribution < -0.4 is 5.32 Å². The number of hydrogen-bond acceptors (Lipinski definition) is 1. The van der Waals surface area contributed by atoms with Crippen LogP contribution >= 0.6 is 34.8 Å². The Labute approximate surface area is 104 Å². The van der Waals surface area contributed by atoms with Crippen LogP contribution in [0, 0.1) is 6.92 Å². The van der Waals surface area contributed by atoms with Crippen molar-refractivity contribution in [2.45, 2.75) is 11.3 Å². The first kappa shape index (κ1) is 12.6. The van der Waals surface area contributed by atoms with Gasteiger partial charge in [-0.1, -0.05) is 40.9 Å². The van der Waals surface area contributed by atoms with Crippen molar-refractivity contribution in [1.82, 2.24) is 0 Å². The fourth-order valence-corrected chi connectivity index (χ4v) is 1.14. The summed E-state index contributed by atoms with van der Waals surface area (Å²) < 4.78 is -1.59. The van der Waals surface area contributed by atoms with Crippen molar-refractivity contribution >= 4 is 46.4 Å². The number of carbonyl (C=O) groups is 1. The lowest BCUT2D eigenvalue weighted by Gasteiger charge is -2.15. The molecule has 0 radical (unpaired) electrons. The van der Waals surface area contributed by atoms with Gasteiger partial charge in [0.15, 0.2) is 0 Å². The lowest BCUT2D eigenvalue weighted by molar-refractivity contribution is -0.116. The van der Waals surface area contributed by atoms with Crippen LogP contribution in [-0.2, 0) is 4.79 Å². The van der Waals surface area contributed by atoms with Crippen LogP contribution in [0.25, 0.3) is 0 Å². The summed E-state index contributed by atoms with van der Waals surface area (Å²) in [7, 11) is 0. The highest BCUT2D eigenvalue weighted by Crippen LogP contribution is 2.24. The first-order valence-corrected chi connectivity index (χ1v) is 5.56. The van der Waals surface area contributed by atoms with Crippen molar-refractivity contribution in [3.63, 3.8) is 0 Å². The number of alkyl halides is 3. The van der Waals surface area contributed by atoms with Crippen molar-refractivity contribution in [3.8, 4) is 0 Å². The molecule has 1 amide bonds. The summed E-state index contributed by atoms with van der Waals surface area (Å²) in [6.45, 7) is 1.96. The number of amides is 1. The quantitative estimate of drug-likeness (QED) is 0.835. The molecule has 82 valence electrons. The first-order valence-electron chi connectivity index (χ1n) is 4.27. The molecule has 1 aromatic carbocycles. The molecule has 1 rings (SSSR count). The summed E-state index contributed by atoms with van der Waals surface area (Å²) >= 11 is 16.8. The number of rotatable bonds is 3. The molecule has 0 atom stereocenters. The predicted molar refractivity (Wildman–Crippen MR) is 65.0 cm³/mol. The zero-order valence-electron chi connectivity index (χ0n) is 8.06. The molecule has 0 saturated carbocycles. The first-order chi connectivity index (χ1) is 6.95. The molecule has 0 aliphatic heterocycles. The predicted octanol–water partition coefficient (Wildman–Crippen LogP) is 3.35. The van der Waals surface area contributed by atoms with Crippen molar-refractivity contribution < 1.29 is 4.79 Å². The van der Waals surface area contributed by atoms with E-state index >= 15 is 0 Å². The number of hydrogen-bond donors (Lipinski definition) is 1. The molecule has 0 spiro atoms. The number of halogens is 3. The maximum Gasteiger partial charge on any atom is 0.262 e. The van der Waals surface area contributed by atoms with E-state index in [0.717, 1.165) is 5.56 Å². The monoisotopic (exact) mass is 265 g/mol. The van der Waals surface area contributed by atoms with E-state index in [-0.39, 0.29) is 5.88 Å². The van der Waals surface area contributed by atoms with Gasteiger partial charge in [0.2, 0.25) is 4.33 Å². The smallest absolute Gasteiger partial charge is 0.262 e. The van der Waals surface area contributed by atoms with Gasteiger partial charge < -0.3 is 5.32 Å². The Morgan fingerprint density at radius 1 is 1.33 bits per heavy atom. The van der Waals surface area contributed by atoms with Crippen LogP contribution in [0.1, 0.15) is 5.56 Å². The van der Waals surface area contributed by atoms with Crippen molar-refractivity contribution in [2.75, 3.05) is 11.2 Å². The highest BCUT2D eigenvalue weighted by Gasteiger charge is 2.32. The Bertz CT molecular complexity index is 348. The maximum absolute atomic E-state index is 11.5. The average molecular weight is 267 g/mol. The third kappa shape index (κ3) is 3.56. The summed E-state index contributed by atoms with van der Waals surface area (Å²) in [6.07, 6.45) is 0. The molecule has 0 saturated heterocycles. The Kier molecular flexibility index (Phi) is 4.26. The topological polar surface area (TPSA) is 29.1 Å². The normalized spacial score (nSPS) is 11.2. The van der Waals surface area contributed by atoms with Crippen LogP contribution in [0.3, 0.4) is 0 Å². The molecule has 0 aliphatic carbocycles. The number of benzene rings is 1. The van der Waals surface area contributed by atoms with Gasteiger partial charge in [-0.05, 0) is 19.1 Å². The van der Waals surface area contributed by atoms with Gasteiger partial charge in [0.1, 0.15) is 0 Å². The fourth-order valence-electron chi connectivity index (χ4n) is 0.920. The molecule has 0 aliphatic rings. The molecule has 5 heteroatoms. The Balaban J connectivity index is 2.71. The standard InChI is InChI=1S/C10H10Cl3NO/c1-7-2-4-8(5-3-7)14-9(15)10(12,13)6-11/h2-5H,6H2,1H3,(H,14,15). The lowest BCUT2D eigenvalue weighted by atomic mass is 10.2. The molecule has 2 nitrogen and oxygen atoms in total. The highest BCUT2D eigenvalue weighted by atomic mass is 35.5. The second-order valence-corrected chi connectivity index (χ2v) is 4.91.